The summed E-state index contributed by atoms with van der Waals surface area (Å²) in [5.41, 5.74) is 3.39. The highest BCUT2D eigenvalue weighted by Gasteiger charge is 2.48. The first-order valence-corrected chi connectivity index (χ1v) is 11.6. The Morgan fingerprint density at radius 2 is 0.659 bits per heavy atom. The van der Waals surface area contributed by atoms with Crippen LogP contribution in [0, 0.1) is 0 Å². The van der Waals surface area contributed by atoms with Crippen LogP contribution in [0.15, 0.2) is 50.1 Å². The summed E-state index contributed by atoms with van der Waals surface area (Å²) in [6.07, 6.45) is 8.93. The average molecular weight is 552 g/mol. The van der Waals surface area contributed by atoms with Gasteiger partial charge >= 0.3 is 30.2 Å². The van der Waals surface area contributed by atoms with E-state index >= 15 is 0 Å². The van der Waals surface area contributed by atoms with Gasteiger partial charge in [-0.3, -0.25) is 0 Å². The number of hydrogen-bond acceptors (Lipinski definition) is 16. The number of aromatic amines is 4. The van der Waals surface area contributed by atoms with Crippen LogP contribution >= 0.6 is 0 Å². The second kappa shape index (κ2) is 8.72. The van der Waals surface area contributed by atoms with E-state index in [0.29, 0.717) is 44.7 Å². The summed E-state index contributed by atoms with van der Waals surface area (Å²) >= 11 is 0. The molecule has 0 aliphatic carbocycles. The van der Waals surface area contributed by atoms with E-state index in [9.17, 15) is 0 Å². The van der Waals surface area contributed by atoms with Crippen molar-refractivity contribution in [1.82, 2.24) is 79.7 Å². The zero-order valence-corrected chi connectivity index (χ0v) is 20.1. The first-order chi connectivity index (χ1) is 20.2. The molecule has 0 aliphatic rings. The van der Waals surface area contributed by atoms with Crippen molar-refractivity contribution in [3.63, 3.8) is 0 Å². The highest BCUT2D eigenvalue weighted by Crippen LogP contribution is 2.26. The monoisotopic (exact) mass is 552 g/mol. The van der Waals surface area contributed by atoms with Crippen molar-refractivity contribution in [2.75, 3.05) is 0 Å². The summed E-state index contributed by atoms with van der Waals surface area (Å²) in [6.45, 7) is 0. The van der Waals surface area contributed by atoms with E-state index in [1.54, 1.807) is 0 Å². The van der Waals surface area contributed by atoms with Gasteiger partial charge in [0.1, 0.15) is 22.1 Å². The van der Waals surface area contributed by atoms with Gasteiger partial charge in [0.05, 0.1) is 50.1 Å². The van der Waals surface area contributed by atoms with Gasteiger partial charge in [0.25, 0.3) is 0 Å². The van der Waals surface area contributed by atoms with Crippen LogP contribution in [0.2, 0.25) is 0 Å². The summed E-state index contributed by atoms with van der Waals surface area (Å²) in [7, 11) is 0. The van der Waals surface area contributed by atoms with Gasteiger partial charge in [-0.25, -0.2) is 39.9 Å². The fourth-order valence-corrected chi connectivity index (χ4v) is 3.65. The van der Waals surface area contributed by atoms with Gasteiger partial charge in [-0.1, -0.05) is 0 Å². The largest absolute Gasteiger partial charge is 0.620 e. The average Bonchev–Trinajstić information content (AvgIpc) is 3.79. The quantitative estimate of drug-likeness (QED) is 0.188. The normalized spacial score (nSPS) is 11.9. The Balaban J connectivity index is 1.27. The van der Waals surface area contributed by atoms with Gasteiger partial charge in [-0.15, -0.1) is 0 Å². The molecule has 20 nitrogen and oxygen atoms in total. The Morgan fingerprint density at radius 1 is 0.390 bits per heavy atom. The van der Waals surface area contributed by atoms with Crippen molar-refractivity contribution in [2.24, 2.45) is 0 Å². The number of hydrogen-bond donors (Lipinski definition) is 4. The van der Waals surface area contributed by atoms with Crippen molar-refractivity contribution in [2.45, 2.75) is 6.16 Å². The van der Waals surface area contributed by atoms with Gasteiger partial charge in [0.15, 0.2) is 22.6 Å². The number of fused-ring (bicyclic) bond motifs is 4. The van der Waals surface area contributed by atoms with Crippen LogP contribution in [0.1, 0.15) is 0 Å². The van der Waals surface area contributed by atoms with Gasteiger partial charge in [-0.2, -0.15) is 19.9 Å². The zero-order valence-electron chi connectivity index (χ0n) is 20.1. The molecule has 8 heterocycles. The summed E-state index contributed by atoms with van der Waals surface area (Å²) in [5.74, 6) is 0. The maximum atomic E-state index is 6.00. The molecule has 4 N–H and O–H groups in total. The molecule has 200 valence electrons. The topological polar surface area (TPSA) is 255 Å². The van der Waals surface area contributed by atoms with Crippen LogP contribution in [0.3, 0.4) is 0 Å². The second-order valence-electron chi connectivity index (χ2n) is 8.08. The predicted octanol–water partition coefficient (Wildman–Crippen LogP) is 0.579. The fourth-order valence-electron chi connectivity index (χ4n) is 3.65. The number of imidazole rings is 4. The minimum atomic E-state index is -2.65. The molecule has 8 rings (SSSR count). The molecule has 0 saturated carbocycles. The third-order valence-electron chi connectivity index (χ3n) is 5.48. The molecule has 20 heteroatoms. The Bertz CT molecular complexity index is 1860. The predicted molar refractivity (Wildman–Crippen MR) is 132 cm³/mol. The number of aromatic nitrogens is 16. The minimum absolute atomic E-state index is 0.271. The van der Waals surface area contributed by atoms with E-state index in [1.807, 2.05) is 0 Å². The third kappa shape index (κ3) is 4.12. The van der Waals surface area contributed by atoms with E-state index in [4.69, 9.17) is 18.9 Å². The molecule has 0 fully saturated rings. The minimum Gasteiger partial charge on any atom is -0.350 e. The molecule has 0 atom stereocenters. The molecule has 0 bridgehead atoms. The van der Waals surface area contributed by atoms with Crippen molar-refractivity contribution in [3.8, 4) is 24.0 Å². The molecule has 8 aromatic heterocycles. The van der Waals surface area contributed by atoms with Gasteiger partial charge in [-0.05, 0) is 0 Å². The van der Waals surface area contributed by atoms with Gasteiger partial charge < -0.3 is 38.9 Å². The summed E-state index contributed by atoms with van der Waals surface area (Å²) < 4.78 is 24.0. The first kappa shape index (κ1) is 22.4. The molecule has 0 spiro atoms. The van der Waals surface area contributed by atoms with Gasteiger partial charge in [0.2, 0.25) is 0 Å². The maximum Gasteiger partial charge on any atom is 0.620 e. The number of rotatable bonds is 8. The van der Waals surface area contributed by atoms with E-state index in [0.717, 1.165) is 0 Å². The lowest BCUT2D eigenvalue weighted by molar-refractivity contribution is -0.375. The summed E-state index contributed by atoms with van der Waals surface area (Å²) in [6, 6.07) is -1.08. The summed E-state index contributed by atoms with van der Waals surface area (Å²) in [4.78, 5) is 62.0. The molecule has 8 aromatic rings. The standard InChI is InChI=1S/C21H12N16O4/c1-9-13(30-5-26-9)34-17(22-1)38-21(39-18-23-2-10-14(35-18)31-6-27-10,40-19-24-3-11-15(36-19)32-7-28-11)41-20-25-4-12-16(37-20)33-8-29-12/h1-8H,(H,22,26,30,34)(H,23,27,31,35)(H,24,28,32,36)(H,25,29,33,37). The Labute approximate surface area is 224 Å². The van der Waals surface area contributed by atoms with Crippen LogP contribution in [-0.4, -0.2) is 85.9 Å². The van der Waals surface area contributed by atoms with Crippen molar-refractivity contribution < 1.29 is 18.9 Å². The smallest absolute Gasteiger partial charge is 0.350 e. The molecule has 0 aliphatic heterocycles. The maximum absolute atomic E-state index is 6.00. The number of nitrogens with one attached hydrogen (secondary N) is 4. The highest BCUT2D eigenvalue weighted by atomic mass is 17.0. The van der Waals surface area contributed by atoms with E-state index in [1.165, 1.54) is 50.1 Å². The number of nitrogens with zero attached hydrogens (tertiary/aromatic N) is 12. The Morgan fingerprint density at radius 3 is 0.927 bits per heavy atom. The van der Waals surface area contributed by atoms with E-state index < -0.39 is 6.16 Å². The molecular formula is C21H12N16O4. The van der Waals surface area contributed by atoms with Crippen LogP contribution in [-0.2, 0) is 0 Å². The van der Waals surface area contributed by atoms with E-state index in [-0.39, 0.29) is 24.0 Å². The van der Waals surface area contributed by atoms with Crippen molar-refractivity contribution in [3.05, 3.63) is 50.1 Å². The number of H-pyrrole nitrogens is 4. The zero-order chi connectivity index (χ0) is 27.2. The molecule has 0 saturated heterocycles. The fraction of sp³-hybridized carbons (Fsp3) is 0.0476. The molecule has 0 aromatic carbocycles. The van der Waals surface area contributed by atoms with Crippen molar-refractivity contribution >= 4 is 44.7 Å². The third-order valence-corrected chi connectivity index (χ3v) is 5.48. The molecular weight excluding hydrogens is 540 g/mol. The lowest BCUT2D eigenvalue weighted by Gasteiger charge is -2.28. The van der Waals surface area contributed by atoms with Crippen LogP contribution < -0.4 is 18.9 Å². The van der Waals surface area contributed by atoms with Gasteiger partial charge in [0, 0.05) is 0 Å². The lowest BCUT2D eigenvalue weighted by Crippen LogP contribution is -2.54. The first-order valence-electron chi connectivity index (χ1n) is 11.6. The number of ether oxygens (including phenoxy) is 4. The molecule has 0 unspecified atom stereocenters. The van der Waals surface area contributed by atoms with Crippen LogP contribution in [0.25, 0.3) is 44.7 Å². The second-order valence-corrected chi connectivity index (χ2v) is 8.08. The van der Waals surface area contributed by atoms with Crippen LogP contribution in [0.4, 0.5) is 0 Å². The summed E-state index contributed by atoms with van der Waals surface area (Å²) in [5, 5.41) is 0. The van der Waals surface area contributed by atoms with Crippen LogP contribution in [0.5, 0.6) is 24.0 Å². The van der Waals surface area contributed by atoms with Crippen molar-refractivity contribution in [1.29, 1.82) is 0 Å². The molecule has 41 heavy (non-hydrogen) atoms. The molecule has 0 radical (unpaired) electrons. The SMILES string of the molecule is c1nc2nc(OC(Oc3ncc4[nH]cnc4n3)(Oc3ncc4[nH]cnc4n3)Oc3ncc4[nH]cnc4n3)ncc2[nH]1. The van der Waals surface area contributed by atoms with E-state index in [2.05, 4.69) is 79.7 Å². The molecule has 0 amide bonds. The Hall–Kier alpha value is -6.60. The Kier molecular flexibility index (Phi) is 4.76. The lowest BCUT2D eigenvalue weighted by atomic mass is 10.6. The highest BCUT2D eigenvalue weighted by molar-refractivity contribution is 5.70.